The van der Waals surface area contributed by atoms with E-state index in [9.17, 15) is 18.5 Å². The highest BCUT2D eigenvalue weighted by molar-refractivity contribution is 7.93. The quantitative estimate of drug-likeness (QED) is 0.257. The minimum atomic E-state index is -4.24. The van der Waals surface area contributed by atoms with Crippen LogP contribution in [-0.4, -0.2) is 33.3 Å². The monoisotopic (exact) mass is 470 g/mol. The number of hydrogen-bond acceptors (Lipinski definition) is 8. The number of nitrogens with one attached hydrogen (secondary N) is 2. The van der Waals surface area contributed by atoms with Crippen LogP contribution < -0.4 is 19.6 Å². The fourth-order valence-electron chi connectivity index (χ4n) is 2.91. The van der Waals surface area contributed by atoms with Crippen LogP contribution in [0.1, 0.15) is 12.5 Å². The number of nitrogens with zero attached hydrogens (tertiary/aromatic N) is 2. The van der Waals surface area contributed by atoms with Gasteiger partial charge in [0.1, 0.15) is 16.4 Å². The van der Waals surface area contributed by atoms with Crippen LogP contribution in [0.2, 0.25) is 0 Å². The zero-order chi connectivity index (χ0) is 23.8. The van der Waals surface area contributed by atoms with Crippen LogP contribution in [0.5, 0.6) is 11.5 Å². The maximum Gasteiger partial charge on any atom is 0.270 e. The Kier molecular flexibility index (Phi) is 7.46. The molecule has 33 heavy (non-hydrogen) atoms. The minimum Gasteiger partial charge on any atom is -0.495 e. The molecular weight excluding hydrogens is 448 g/mol. The number of hydrogen-bond donors (Lipinski definition) is 2. The lowest BCUT2D eigenvalue weighted by molar-refractivity contribution is -0.385. The van der Waals surface area contributed by atoms with Crippen molar-refractivity contribution in [2.75, 3.05) is 23.9 Å². The highest BCUT2D eigenvalue weighted by atomic mass is 32.2. The normalized spacial score (nSPS) is 11.2. The summed E-state index contributed by atoms with van der Waals surface area (Å²) >= 11 is 0. The molecule has 3 aromatic rings. The van der Waals surface area contributed by atoms with Crippen molar-refractivity contribution in [1.29, 1.82) is 0 Å². The lowest BCUT2D eigenvalue weighted by atomic mass is 10.2. The number of benzene rings is 3. The van der Waals surface area contributed by atoms with Crippen molar-refractivity contribution in [2.24, 2.45) is 5.10 Å². The Morgan fingerprint density at radius 1 is 1.03 bits per heavy atom. The SMILES string of the molecule is CCOc1ccccc1/C=N\Nc1ccc([N+](=O)[O-])cc1S(=O)(=O)Nc1ccccc1OC. The summed E-state index contributed by atoms with van der Waals surface area (Å²) in [6.45, 7) is 2.33. The third-order valence-corrected chi connectivity index (χ3v) is 5.83. The number of nitro benzene ring substituents is 1. The number of para-hydroxylation sites is 3. The smallest absolute Gasteiger partial charge is 0.270 e. The molecule has 0 spiro atoms. The summed E-state index contributed by atoms with van der Waals surface area (Å²) in [7, 11) is -2.83. The molecule has 172 valence electrons. The number of rotatable bonds is 10. The first-order chi connectivity index (χ1) is 15.9. The Labute approximate surface area is 191 Å². The van der Waals surface area contributed by atoms with E-state index in [1.807, 2.05) is 19.1 Å². The summed E-state index contributed by atoms with van der Waals surface area (Å²) in [4.78, 5) is 10.2. The van der Waals surface area contributed by atoms with Crippen LogP contribution in [0.3, 0.4) is 0 Å². The largest absolute Gasteiger partial charge is 0.495 e. The molecule has 0 atom stereocenters. The number of sulfonamides is 1. The Morgan fingerprint density at radius 2 is 1.73 bits per heavy atom. The molecule has 0 aliphatic rings. The highest BCUT2D eigenvalue weighted by Crippen LogP contribution is 2.31. The Balaban J connectivity index is 1.96. The number of non-ortho nitro benzene ring substituents is 1. The minimum absolute atomic E-state index is 0.0492. The van der Waals surface area contributed by atoms with Gasteiger partial charge in [-0.15, -0.1) is 0 Å². The molecule has 3 rings (SSSR count). The third kappa shape index (κ3) is 5.77. The number of nitro groups is 1. The van der Waals surface area contributed by atoms with Crippen LogP contribution >= 0.6 is 0 Å². The van der Waals surface area contributed by atoms with E-state index in [2.05, 4.69) is 15.2 Å². The predicted molar refractivity (Wildman–Crippen MR) is 126 cm³/mol. The van der Waals surface area contributed by atoms with Gasteiger partial charge >= 0.3 is 0 Å². The van der Waals surface area contributed by atoms with Gasteiger partial charge in [-0.1, -0.05) is 24.3 Å². The number of hydrazone groups is 1. The number of ether oxygens (including phenoxy) is 2. The van der Waals surface area contributed by atoms with Gasteiger partial charge < -0.3 is 9.47 Å². The number of methoxy groups -OCH3 is 1. The third-order valence-electron chi connectivity index (χ3n) is 4.42. The Bertz CT molecular complexity index is 1280. The van der Waals surface area contributed by atoms with E-state index >= 15 is 0 Å². The molecular formula is C22H22N4O6S. The van der Waals surface area contributed by atoms with E-state index in [1.54, 1.807) is 30.3 Å². The maximum absolute atomic E-state index is 13.1. The van der Waals surface area contributed by atoms with E-state index in [4.69, 9.17) is 9.47 Å². The van der Waals surface area contributed by atoms with E-state index in [-0.39, 0.29) is 22.0 Å². The molecule has 0 radical (unpaired) electrons. The van der Waals surface area contributed by atoms with Gasteiger partial charge in [0.15, 0.2) is 0 Å². The molecule has 0 bridgehead atoms. The summed E-state index contributed by atoms with van der Waals surface area (Å²) < 4.78 is 39.4. The average molecular weight is 471 g/mol. The fraction of sp³-hybridized carbons (Fsp3) is 0.136. The molecule has 3 aromatic carbocycles. The Hall–Kier alpha value is -4.12. The van der Waals surface area contributed by atoms with Crippen molar-refractivity contribution < 1.29 is 22.8 Å². The van der Waals surface area contributed by atoms with Crippen LogP contribution in [0.15, 0.2) is 76.7 Å². The van der Waals surface area contributed by atoms with Gasteiger partial charge in [-0.3, -0.25) is 20.3 Å². The summed E-state index contributed by atoms with van der Waals surface area (Å²) in [5.41, 5.74) is 3.18. The van der Waals surface area contributed by atoms with Gasteiger partial charge in [0.2, 0.25) is 0 Å². The molecule has 10 nitrogen and oxygen atoms in total. The van der Waals surface area contributed by atoms with Crippen LogP contribution in [0.4, 0.5) is 17.1 Å². The average Bonchev–Trinajstić information content (AvgIpc) is 2.80. The standard InChI is InChI=1S/C22H22N4O6S/c1-3-32-20-10-6-4-8-16(20)15-23-24-19-13-12-17(26(27)28)14-22(19)33(29,30)25-18-9-5-7-11-21(18)31-2/h4-15,24-25H,3H2,1-2H3/b23-15-. The number of anilines is 2. The lowest BCUT2D eigenvalue weighted by Gasteiger charge is -2.14. The summed E-state index contributed by atoms with van der Waals surface area (Å²) in [5.74, 6) is 0.909. The summed E-state index contributed by atoms with van der Waals surface area (Å²) in [5, 5.41) is 15.4. The van der Waals surface area contributed by atoms with Crippen molar-refractivity contribution in [3.8, 4) is 11.5 Å². The molecule has 0 aromatic heterocycles. The first-order valence-electron chi connectivity index (χ1n) is 9.81. The van der Waals surface area contributed by atoms with Crippen molar-refractivity contribution in [1.82, 2.24) is 0 Å². The fourth-order valence-corrected chi connectivity index (χ4v) is 4.16. The van der Waals surface area contributed by atoms with Crippen molar-refractivity contribution in [2.45, 2.75) is 11.8 Å². The molecule has 0 unspecified atom stereocenters. The zero-order valence-electron chi connectivity index (χ0n) is 17.9. The maximum atomic E-state index is 13.1. The van der Waals surface area contributed by atoms with Gasteiger partial charge in [-0.2, -0.15) is 5.10 Å². The van der Waals surface area contributed by atoms with Gasteiger partial charge in [0.25, 0.3) is 15.7 Å². The summed E-state index contributed by atoms with van der Waals surface area (Å²) in [6.07, 6.45) is 1.47. The second-order valence-electron chi connectivity index (χ2n) is 6.58. The van der Waals surface area contributed by atoms with Crippen molar-refractivity contribution in [3.63, 3.8) is 0 Å². The van der Waals surface area contributed by atoms with Crippen LogP contribution in [-0.2, 0) is 10.0 Å². The predicted octanol–water partition coefficient (Wildman–Crippen LogP) is 4.25. The van der Waals surface area contributed by atoms with Gasteiger partial charge in [-0.25, -0.2) is 8.42 Å². The molecule has 0 heterocycles. The second-order valence-corrected chi connectivity index (χ2v) is 8.24. The first-order valence-corrected chi connectivity index (χ1v) is 11.3. The second kappa shape index (κ2) is 10.5. The van der Waals surface area contributed by atoms with Gasteiger partial charge in [0.05, 0.1) is 36.2 Å². The molecule has 11 heteroatoms. The lowest BCUT2D eigenvalue weighted by Crippen LogP contribution is -2.15. The molecule has 0 aliphatic carbocycles. The first kappa shape index (κ1) is 23.5. The molecule has 2 N–H and O–H groups in total. The summed E-state index contributed by atoms with van der Waals surface area (Å²) in [6, 6.07) is 17.0. The van der Waals surface area contributed by atoms with Gasteiger partial charge in [0, 0.05) is 17.7 Å². The zero-order valence-corrected chi connectivity index (χ0v) is 18.7. The van der Waals surface area contributed by atoms with Crippen molar-refractivity contribution >= 4 is 33.3 Å². The molecule has 0 aliphatic heterocycles. The molecule has 0 saturated heterocycles. The van der Waals surface area contributed by atoms with Crippen LogP contribution in [0.25, 0.3) is 0 Å². The molecule has 0 amide bonds. The topological polar surface area (TPSA) is 132 Å². The molecule has 0 saturated carbocycles. The molecule has 0 fully saturated rings. The van der Waals surface area contributed by atoms with E-state index in [1.165, 1.54) is 31.5 Å². The van der Waals surface area contributed by atoms with Gasteiger partial charge in [-0.05, 0) is 37.3 Å². The van der Waals surface area contributed by atoms with E-state index in [0.717, 1.165) is 6.07 Å². The Morgan fingerprint density at radius 3 is 2.42 bits per heavy atom. The van der Waals surface area contributed by atoms with E-state index < -0.39 is 14.9 Å². The highest BCUT2D eigenvalue weighted by Gasteiger charge is 2.23. The van der Waals surface area contributed by atoms with E-state index in [0.29, 0.717) is 23.7 Å². The van der Waals surface area contributed by atoms with Crippen molar-refractivity contribution in [3.05, 3.63) is 82.4 Å². The van der Waals surface area contributed by atoms with Crippen LogP contribution in [0, 0.1) is 10.1 Å².